The van der Waals surface area contributed by atoms with Crippen molar-refractivity contribution in [1.82, 2.24) is 19.6 Å². The van der Waals surface area contributed by atoms with Gasteiger partial charge in [0.05, 0.1) is 5.69 Å². The average Bonchev–Trinajstić information content (AvgIpc) is 3.10. The van der Waals surface area contributed by atoms with Crippen molar-refractivity contribution in [3.05, 3.63) is 94.5 Å². The van der Waals surface area contributed by atoms with E-state index in [1.807, 2.05) is 62.4 Å². The van der Waals surface area contributed by atoms with Crippen molar-refractivity contribution in [2.75, 3.05) is 10.6 Å². The summed E-state index contributed by atoms with van der Waals surface area (Å²) in [5, 5.41) is 14.7. The molecular formula is C23H22N6O2. The number of anilines is 3. The Kier molecular flexibility index (Phi) is 5.61. The van der Waals surface area contributed by atoms with E-state index in [9.17, 15) is 9.59 Å². The van der Waals surface area contributed by atoms with Crippen LogP contribution in [0.15, 0.2) is 77.6 Å². The lowest BCUT2D eigenvalue weighted by Crippen LogP contribution is -2.30. The molecule has 2 aromatic heterocycles. The van der Waals surface area contributed by atoms with Crippen molar-refractivity contribution < 1.29 is 4.79 Å². The minimum absolute atomic E-state index is 0.198. The summed E-state index contributed by atoms with van der Waals surface area (Å²) in [5.41, 5.74) is 3.89. The molecule has 4 rings (SSSR count). The smallest absolute Gasteiger partial charge is 0.267 e. The van der Waals surface area contributed by atoms with E-state index >= 15 is 0 Å². The standard InChI is InChI=1S/C23H22N6O2/c1-16-14-17(2)29(26-16)21-12-13-23(31)28(27-21)15-22(30)25-20-10-8-19(9-11-20)24-18-6-4-3-5-7-18/h3-14,24H,15H2,1-2H3,(H,25,30). The molecule has 0 bridgehead atoms. The summed E-state index contributed by atoms with van der Waals surface area (Å²) in [6.07, 6.45) is 0. The van der Waals surface area contributed by atoms with Gasteiger partial charge in [-0.05, 0) is 62.4 Å². The van der Waals surface area contributed by atoms with E-state index in [0.29, 0.717) is 11.5 Å². The van der Waals surface area contributed by atoms with E-state index in [2.05, 4.69) is 20.8 Å². The number of aromatic nitrogens is 4. The van der Waals surface area contributed by atoms with E-state index in [1.54, 1.807) is 22.9 Å². The zero-order valence-corrected chi connectivity index (χ0v) is 17.2. The maximum atomic E-state index is 12.5. The van der Waals surface area contributed by atoms with Crippen LogP contribution in [0.4, 0.5) is 17.1 Å². The Balaban J connectivity index is 1.43. The van der Waals surface area contributed by atoms with Crippen LogP contribution in [-0.4, -0.2) is 25.5 Å². The zero-order chi connectivity index (χ0) is 21.8. The molecule has 0 aliphatic heterocycles. The molecule has 0 saturated heterocycles. The van der Waals surface area contributed by atoms with Crippen molar-refractivity contribution in [3.63, 3.8) is 0 Å². The first kappa shape index (κ1) is 20.1. The van der Waals surface area contributed by atoms with Crippen molar-refractivity contribution in [2.45, 2.75) is 20.4 Å². The summed E-state index contributed by atoms with van der Waals surface area (Å²) >= 11 is 0. The highest BCUT2D eigenvalue weighted by molar-refractivity contribution is 5.90. The number of amides is 1. The summed E-state index contributed by atoms with van der Waals surface area (Å²) in [4.78, 5) is 24.7. The van der Waals surface area contributed by atoms with E-state index < -0.39 is 0 Å². The molecule has 8 heteroatoms. The normalized spacial score (nSPS) is 10.6. The predicted molar refractivity (Wildman–Crippen MR) is 120 cm³/mol. The molecule has 156 valence electrons. The lowest BCUT2D eigenvalue weighted by molar-refractivity contribution is -0.117. The predicted octanol–water partition coefficient (Wildman–Crippen LogP) is 3.43. The van der Waals surface area contributed by atoms with Gasteiger partial charge in [0.25, 0.3) is 5.56 Å². The average molecular weight is 414 g/mol. The number of carbonyl (C=O) groups excluding carboxylic acids is 1. The van der Waals surface area contributed by atoms with Crippen molar-refractivity contribution in [3.8, 4) is 5.82 Å². The van der Waals surface area contributed by atoms with Crippen LogP contribution in [-0.2, 0) is 11.3 Å². The minimum atomic E-state index is -0.358. The van der Waals surface area contributed by atoms with Gasteiger partial charge in [-0.3, -0.25) is 9.59 Å². The van der Waals surface area contributed by atoms with Gasteiger partial charge in [-0.2, -0.15) is 5.10 Å². The molecule has 2 N–H and O–H groups in total. The fraction of sp³-hybridized carbons (Fsp3) is 0.130. The Hall–Kier alpha value is -4.20. The number of nitrogens with one attached hydrogen (secondary N) is 2. The zero-order valence-electron chi connectivity index (χ0n) is 17.2. The van der Waals surface area contributed by atoms with Crippen molar-refractivity contribution in [1.29, 1.82) is 0 Å². The molecule has 0 atom stereocenters. The van der Waals surface area contributed by atoms with Gasteiger partial charge >= 0.3 is 0 Å². The summed E-state index contributed by atoms with van der Waals surface area (Å²) in [6.45, 7) is 3.59. The maximum absolute atomic E-state index is 12.5. The van der Waals surface area contributed by atoms with Crippen LogP contribution in [0.2, 0.25) is 0 Å². The lowest BCUT2D eigenvalue weighted by atomic mass is 10.2. The second-order valence-electron chi connectivity index (χ2n) is 7.14. The van der Waals surface area contributed by atoms with E-state index in [1.165, 1.54) is 6.07 Å². The molecule has 0 aliphatic carbocycles. The van der Waals surface area contributed by atoms with E-state index in [4.69, 9.17) is 0 Å². The summed E-state index contributed by atoms with van der Waals surface area (Å²) in [5.74, 6) is 0.137. The third kappa shape index (κ3) is 4.87. The molecular weight excluding hydrogens is 392 g/mol. The molecule has 8 nitrogen and oxygen atoms in total. The molecule has 4 aromatic rings. The first-order chi connectivity index (χ1) is 15.0. The Bertz CT molecular complexity index is 1260. The highest BCUT2D eigenvalue weighted by Gasteiger charge is 2.10. The summed E-state index contributed by atoms with van der Waals surface area (Å²) < 4.78 is 2.77. The molecule has 2 aromatic carbocycles. The Morgan fingerprint density at radius 3 is 2.23 bits per heavy atom. The maximum Gasteiger partial charge on any atom is 0.267 e. The summed E-state index contributed by atoms with van der Waals surface area (Å²) in [7, 11) is 0. The molecule has 31 heavy (non-hydrogen) atoms. The number of nitrogens with zero attached hydrogens (tertiary/aromatic N) is 4. The van der Waals surface area contributed by atoms with Gasteiger partial charge in [0.1, 0.15) is 6.54 Å². The van der Waals surface area contributed by atoms with Crippen LogP contribution < -0.4 is 16.2 Å². The van der Waals surface area contributed by atoms with Crippen molar-refractivity contribution in [2.24, 2.45) is 0 Å². The van der Waals surface area contributed by atoms with Gasteiger partial charge in [-0.15, -0.1) is 5.10 Å². The number of hydrogen-bond donors (Lipinski definition) is 2. The molecule has 0 fully saturated rings. The van der Waals surface area contributed by atoms with Crippen LogP contribution in [0, 0.1) is 13.8 Å². The van der Waals surface area contributed by atoms with Crippen LogP contribution in [0.1, 0.15) is 11.4 Å². The number of benzene rings is 2. The van der Waals surface area contributed by atoms with Crippen molar-refractivity contribution >= 4 is 23.0 Å². The second-order valence-corrected chi connectivity index (χ2v) is 7.14. The molecule has 0 radical (unpaired) electrons. The molecule has 0 aliphatic rings. The molecule has 0 spiro atoms. The third-order valence-corrected chi connectivity index (χ3v) is 4.60. The second kappa shape index (κ2) is 8.66. The van der Waals surface area contributed by atoms with Gasteiger partial charge < -0.3 is 10.6 Å². The van der Waals surface area contributed by atoms with Gasteiger partial charge in [-0.25, -0.2) is 9.36 Å². The lowest BCUT2D eigenvalue weighted by Gasteiger charge is -2.10. The number of aryl methyl sites for hydroxylation is 2. The van der Waals surface area contributed by atoms with Gasteiger partial charge in [0.2, 0.25) is 5.91 Å². The Morgan fingerprint density at radius 2 is 1.55 bits per heavy atom. The fourth-order valence-corrected chi connectivity index (χ4v) is 3.19. The van der Waals surface area contributed by atoms with Gasteiger partial charge in [-0.1, -0.05) is 18.2 Å². The fourth-order valence-electron chi connectivity index (χ4n) is 3.19. The van der Waals surface area contributed by atoms with Gasteiger partial charge in [0, 0.05) is 28.8 Å². The monoisotopic (exact) mass is 414 g/mol. The largest absolute Gasteiger partial charge is 0.356 e. The number of hydrogen-bond acceptors (Lipinski definition) is 5. The van der Waals surface area contributed by atoms with Crippen LogP contribution >= 0.6 is 0 Å². The molecule has 0 saturated carbocycles. The first-order valence-electron chi connectivity index (χ1n) is 9.82. The number of para-hydroxylation sites is 1. The Morgan fingerprint density at radius 1 is 0.871 bits per heavy atom. The Labute approximate surface area is 179 Å². The first-order valence-corrected chi connectivity index (χ1v) is 9.82. The molecule has 0 unspecified atom stereocenters. The molecule has 2 heterocycles. The van der Waals surface area contributed by atoms with E-state index in [-0.39, 0.29) is 18.0 Å². The quantitative estimate of drug-likeness (QED) is 0.504. The number of carbonyl (C=O) groups is 1. The SMILES string of the molecule is Cc1cc(C)n(-c2ccc(=O)n(CC(=O)Nc3ccc(Nc4ccccc4)cc3)n2)n1. The minimum Gasteiger partial charge on any atom is -0.356 e. The van der Waals surface area contributed by atoms with Gasteiger partial charge in [0.15, 0.2) is 5.82 Å². The topological polar surface area (TPSA) is 93.8 Å². The van der Waals surface area contributed by atoms with Crippen LogP contribution in [0.5, 0.6) is 0 Å². The summed E-state index contributed by atoms with van der Waals surface area (Å²) in [6, 6.07) is 22.0. The van der Waals surface area contributed by atoms with Crippen LogP contribution in [0.25, 0.3) is 5.82 Å². The number of rotatable bonds is 6. The highest BCUT2D eigenvalue weighted by atomic mass is 16.2. The highest BCUT2D eigenvalue weighted by Crippen LogP contribution is 2.18. The third-order valence-electron chi connectivity index (χ3n) is 4.60. The molecule has 1 amide bonds. The van der Waals surface area contributed by atoms with E-state index in [0.717, 1.165) is 27.4 Å². The van der Waals surface area contributed by atoms with Crippen LogP contribution in [0.3, 0.4) is 0 Å².